The van der Waals surface area contributed by atoms with Crippen LogP contribution in [0.5, 0.6) is 0 Å². The van der Waals surface area contributed by atoms with Gasteiger partial charge in [-0.3, -0.25) is 9.36 Å². The molecule has 0 aliphatic carbocycles. The van der Waals surface area contributed by atoms with Gasteiger partial charge in [0.2, 0.25) is 0 Å². The quantitative estimate of drug-likeness (QED) is 0.805. The van der Waals surface area contributed by atoms with Crippen LogP contribution in [0.25, 0.3) is 22.3 Å². The molecule has 0 aliphatic rings. The van der Waals surface area contributed by atoms with Crippen molar-refractivity contribution in [1.29, 1.82) is 0 Å². The zero-order valence-electron chi connectivity index (χ0n) is 12.2. The highest BCUT2D eigenvalue weighted by atomic mass is 35.5. The summed E-state index contributed by atoms with van der Waals surface area (Å²) >= 11 is 6.22. The van der Waals surface area contributed by atoms with Crippen molar-refractivity contribution in [3.8, 4) is 11.4 Å². The van der Waals surface area contributed by atoms with Gasteiger partial charge in [0.25, 0.3) is 5.56 Å². The molecule has 22 heavy (non-hydrogen) atoms. The lowest BCUT2D eigenvalue weighted by atomic mass is 10.2. The minimum absolute atomic E-state index is 0.0680. The number of fused-ring (bicyclic) bond motifs is 1. The summed E-state index contributed by atoms with van der Waals surface area (Å²) in [6.45, 7) is 1.24. The number of halogens is 1. The average molecular weight is 314 g/mol. The summed E-state index contributed by atoms with van der Waals surface area (Å²) in [5.41, 5.74) is 1.38. The Bertz CT molecular complexity index is 859. The van der Waals surface area contributed by atoms with Crippen molar-refractivity contribution < 1.29 is 0 Å². The molecule has 1 aromatic heterocycles. The van der Waals surface area contributed by atoms with Crippen LogP contribution >= 0.6 is 11.6 Å². The molecule has 3 aromatic rings. The van der Waals surface area contributed by atoms with Crippen LogP contribution in [0, 0.1) is 0 Å². The van der Waals surface area contributed by atoms with E-state index in [1.807, 2.05) is 37.4 Å². The van der Waals surface area contributed by atoms with Crippen molar-refractivity contribution in [2.45, 2.75) is 6.54 Å². The highest BCUT2D eigenvalue weighted by Crippen LogP contribution is 2.23. The van der Waals surface area contributed by atoms with Crippen LogP contribution in [-0.2, 0) is 6.54 Å². The normalized spacial score (nSPS) is 11.0. The van der Waals surface area contributed by atoms with Gasteiger partial charge in [0, 0.05) is 18.7 Å². The standard InChI is InChI=1S/C17H16ClN3O/c1-19-10-11-21-16(12-6-3-2-4-7-12)20-15-13(17(21)22)8-5-9-14(15)18/h2-9,19H,10-11H2,1H3. The molecule has 0 saturated heterocycles. The molecule has 0 saturated carbocycles. The monoisotopic (exact) mass is 313 g/mol. The van der Waals surface area contributed by atoms with Crippen LogP contribution in [0.15, 0.2) is 53.3 Å². The molecule has 0 radical (unpaired) electrons. The summed E-state index contributed by atoms with van der Waals surface area (Å²) in [4.78, 5) is 17.5. The molecule has 3 rings (SSSR count). The van der Waals surface area contributed by atoms with Gasteiger partial charge in [-0.05, 0) is 19.2 Å². The molecule has 0 unspecified atom stereocenters. The third kappa shape index (κ3) is 2.63. The summed E-state index contributed by atoms with van der Waals surface area (Å²) in [6.07, 6.45) is 0. The second kappa shape index (κ2) is 6.30. The Morgan fingerprint density at radius 3 is 2.64 bits per heavy atom. The lowest BCUT2D eigenvalue weighted by Gasteiger charge is -2.14. The van der Waals surface area contributed by atoms with E-state index in [0.29, 0.717) is 34.8 Å². The maximum atomic E-state index is 12.8. The van der Waals surface area contributed by atoms with E-state index in [1.165, 1.54) is 0 Å². The topological polar surface area (TPSA) is 46.9 Å². The highest BCUT2D eigenvalue weighted by Gasteiger charge is 2.13. The highest BCUT2D eigenvalue weighted by molar-refractivity contribution is 6.35. The van der Waals surface area contributed by atoms with Crippen LogP contribution in [-0.4, -0.2) is 23.1 Å². The second-order valence-corrected chi connectivity index (χ2v) is 5.40. The van der Waals surface area contributed by atoms with Crippen molar-refractivity contribution in [1.82, 2.24) is 14.9 Å². The van der Waals surface area contributed by atoms with E-state index < -0.39 is 0 Å². The molecule has 0 bridgehead atoms. The van der Waals surface area contributed by atoms with Crippen LogP contribution in [0.3, 0.4) is 0 Å². The Morgan fingerprint density at radius 1 is 1.14 bits per heavy atom. The molecule has 0 fully saturated rings. The van der Waals surface area contributed by atoms with Crippen LogP contribution in [0.1, 0.15) is 0 Å². The van der Waals surface area contributed by atoms with E-state index in [4.69, 9.17) is 11.6 Å². The number of aromatic nitrogens is 2. The zero-order chi connectivity index (χ0) is 15.5. The van der Waals surface area contributed by atoms with E-state index in [-0.39, 0.29) is 5.56 Å². The maximum Gasteiger partial charge on any atom is 0.261 e. The number of hydrogen-bond donors (Lipinski definition) is 1. The Balaban J connectivity index is 2.33. The van der Waals surface area contributed by atoms with Gasteiger partial charge in [0.15, 0.2) is 0 Å². The number of nitrogens with one attached hydrogen (secondary N) is 1. The van der Waals surface area contributed by atoms with E-state index in [9.17, 15) is 4.79 Å². The predicted octanol–water partition coefficient (Wildman–Crippen LogP) is 2.94. The molecule has 0 spiro atoms. The van der Waals surface area contributed by atoms with Crippen molar-refractivity contribution in [3.05, 3.63) is 63.9 Å². The van der Waals surface area contributed by atoms with Gasteiger partial charge in [0.1, 0.15) is 5.82 Å². The lowest BCUT2D eigenvalue weighted by Crippen LogP contribution is -2.28. The Labute approximate surface area is 133 Å². The Kier molecular flexibility index (Phi) is 4.22. The first-order valence-corrected chi connectivity index (χ1v) is 7.49. The molecular formula is C17H16ClN3O. The van der Waals surface area contributed by atoms with Crippen LogP contribution in [0.2, 0.25) is 5.02 Å². The molecule has 112 valence electrons. The van der Waals surface area contributed by atoms with Gasteiger partial charge >= 0.3 is 0 Å². The summed E-state index contributed by atoms with van der Waals surface area (Å²) in [5, 5.41) is 4.11. The number of likely N-dealkylation sites (N-methyl/N-ethyl adjacent to an activating group) is 1. The zero-order valence-corrected chi connectivity index (χ0v) is 13.0. The third-order valence-electron chi connectivity index (χ3n) is 3.55. The number of nitrogens with zero attached hydrogens (tertiary/aromatic N) is 2. The molecular weight excluding hydrogens is 298 g/mol. The first kappa shape index (κ1) is 14.8. The van der Waals surface area contributed by atoms with E-state index >= 15 is 0 Å². The van der Waals surface area contributed by atoms with Gasteiger partial charge < -0.3 is 5.32 Å². The number of para-hydroxylation sites is 1. The van der Waals surface area contributed by atoms with Crippen molar-refractivity contribution in [2.24, 2.45) is 0 Å². The van der Waals surface area contributed by atoms with Gasteiger partial charge in [0.05, 0.1) is 15.9 Å². The molecule has 1 heterocycles. The van der Waals surface area contributed by atoms with Crippen molar-refractivity contribution >= 4 is 22.5 Å². The largest absolute Gasteiger partial charge is 0.318 e. The summed E-state index contributed by atoms with van der Waals surface area (Å²) in [6, 6.07) is 15.0. The first-order chi connectivity index (χ1) is 10.7. The second-order valence-electron chi connectivity index (χ2n) is 5.00. The van der Waals surface area contributed by atoms with E-state index in [2.05, 4.69) is 10.3 Å². The molecule has 0 atom stereocenters. The first-order valence-electron chi connectivity index (χ1n) is 7.11. The molecule has 1 N–H and O–H groups in total. The fourth-order valence-corrected chi connectivity index (χ4v) is 2.66. The fourth-order valence-electron chi connectivity index (χ4n) is 2.45. The fraction of sp³-hybridized carbons (Fsp3) is 0.176. The number of hydrogen-bond acceptors (Lipinski definition) is 3. The van der Waals surface area contributed by atoms with Crippen molar-refractivity contribution in [3.63, 3.8) is 0 Å². The molecule has 4 nitrogen and oxygen atoms in total. The van der Waals surface area contributed by atoms with Gasteiger partial charge in [-0.15, -0.1) is 0 Å². The third-order valence-corrected chi connectivity index (χ3v) is 3.86. The van der Waals surface area contributed by atoms with Crippen LogP contribution in [0.4, 0.5) is 0 Å². The van der Waals surface area contributed by atoms with E-state index in [0.717, 1.165) is 5.56 Å². The lowest BCUT2D eigenvalue weighted by molar-refractivity contribution is 0.628. The smallest absolute Gasteiger partial charge is 0.261 e. The van der Waals surface area contributed by atoms with Gasteiger partial charge in [-0.25, -0.2) is 4.98 Å². The predicted molar refractivity (Wildman–Crippen MR) is 90.4 cm³/mol. The molecule has 0 aliphatic heterocycles. The molecule has 2 aromatic carbocycles. The SMILES string of the molecule is CNCCn1c(-c2ccccc2)nc2c(Cl)cccc2c1=O. The minimum atomic E-state index is -0.0680. The van der Waals surface area contributed by atoms with Crippen LogP contribution < -0.4 is 10.9 Å². The maximum absolute atomic E-state index is 12.8. The number of rotatable bonds is 4. The minimum Gasteiger partial charge on any atom is -0.318 e. The average Bonchev–Trinajstić information content (AvgIpc) is 2.55. The summed E-state index contributed by atoms with van der Waals surface area (Å²) in [5.74, 6) is 0.640. The molecule has 0 amide bonds. The summed E-state index contributed by atoms with van der Waals surface area (Å²) < 4.78 is 1.70. The van der Waals surface area contributed by atoms with E-state index in [1.54, 1.807) is 22.8 Å². The van der Waals surface area contributed by atoms with Gasteiger partial charge in [-0.2, -0.15) is 0 Å². The van der Waals surface area contributed by atoms with Crippen molar-refractivity contribution in [2.75, 3.05) is 13.6 Å². The Morgan fingerprint density at radius 2 is 1.91 bits per heavy atom. The Hall–Kier alpha value is -2.17. The summed E-state index contributed by atoms with van der Waals surface area (Å²) in [7, 11) is 1.86. The molecule has 5 heteroatoms. The number of benzene rings is 2. The van der Waals surface area contributed by atoms with Gasteiger partial charge in [-0.1, -0.05) is 48.0 Å².